The standard InChI is InChI=1S/C12H19N3O/c1-10-11(9-13-2)3-4-12(14-10)15-5-7-16-8-6-15/h3-4,13H,5-9H2,1-2H3. The Kier molecular flexibility index (Phi) is 3.74. The highest BCUT2D eigenvalue weighted by atomic mass is 16.5. The first kappa shape index (κ1) is 11.4. The lowest BCUT2D eigenvalue weighted by Gasteiger charge is -2.28. The van der Waals surface area contributed by atoms with Gasteiger partial charge in [-0.2, -0.15) is 0 Å². The van der Waals surface area contributed by atoms with Gasteiger partial charge in [0, 0.05) is 25.3 Å². The van der Waals surface area contributed by atoms with Gasteiger partial charge in [0.25, 0.3) is 0 Å². The average Bonchev–Trinajstić information content (AvgIpc) is 2.33. The third-order valence-corrected chi connectivity index (χ3v) is 2.88. The van der Waals surface area contributed by atoms with Gasteiger partial charge < -0.3 is 15.0 Å². The first-order valence-electron chi connectivity index (χ1n) is 5.75. The number of aromatic nitrogens is 1. The van der Waals surface area contributed by atoms with Gasteiger partial charge in [-0.05, 0) is 25.6 Å². The number of aryl methyl sites for hydroxylation is 1. The SMILES string of the molecule is CNCc1ccc(N2CCOCC2)nc1C. The predicted octanol–water partition coefficient (Wildman–Crippen LogP) is 0.946. The quantitative estimate of drug-likeness (QED) is 0.824. The summed E-state index contributed by atoms with van der Waals surface area (Å²) >= 11 is 0. The fraction of sp³-hybridized carbons (Fsp3) is 0.583. The van der Waals surface area contributed by atoms with Gasteiger partial charge >= 0.3 is 0 Å². The Labute approximate surface area is 96.6 Å². The third-order valence-electron chi connectivity index (χ3n) is 2.88. The fourth-order valence-corrected chi connectivity index (χ4v) is 1.92. The number of pyridine rings is 1. The Hall–Kier alpha value is -1.13. The van der Waals surface area contributed by atoms with Crippen molar-refractivity contribution in [1.82, 2.24) is 10.3 Å². The molecule has 0 radical (unpaired) electrons. The van der Waals surface area contributed by atoms with Gasteiger partial charge in [0.05, 0.1) is 13.2 Å². The van der Waals surface area contributed by atoms with Crippen LogP contribution >= 0.6 is 0 Å². The molecule has 2 rings (SSSR count). The van der Waals surface area contributed by atoms with E-state index in [-0.39, 0.29) is 0 Å². The zero-order valence-corrected chi connectivity index (χ0v) is 9.99. The van der Waals surface area contributed by atoms with Crippen molar-refractivity contribution in [3.8, 4) is 0 Å². The van der Waals surface area contributed by atoms with Crippen LogP contribution in [0.2, 0.25) is 0 Å². The molecule has 0 aromatic carbocycles. The molecule has 1 aromatic rings. The molecule has 0 bridgehead atoms. The van der Waals surface area contributed by atoms with E-state index in [2.05, 4.69) is 34.3 Å². The van der Waals surface area contributed by atoms with Gasteiger partial charge in [0.1, 0.15) is 5.82 Å². The molecule has 1 aliphatic rings. The molecule has 0 aliphatic carbocycles. The minimum atomic E-state index is 0.805. The number of nitrogens with zero attached hydrogens (tertiary/aromatic N) is 2. The molecular formula is C12H19N3O. The van der Waals surface area contributed by atoms with Crippen LogP contribution in [0.5, 0.6) is 0 Å². The van der Waals surface area contributed by atoms with Crippen LogP contribution in [0, 0.1) is 6.92 Å². The molecule has 0 spiro atoms. The molecule has 0 amide bonds. The minimum Gasteiger partial charge on any atom is -0.378 e. The highest BCUT2D eigenvalue weighted by Gasteiger charge is 2.12. The number of hydrogen-bond donors (Lipinski definition) is 1. The summed E-state index contributed by atoms with van der Waals surface area (Å²) in [5.74, 6) is 1.07. The Morgan fingerprint density at radius 2 is 2.12 bits per heavy atom. The normalized spacial score (nSPS) is 16.5. The summed E-state index contributed by atoms with van der Waals surface area (Å²) in [6.45, 7) is 6.44. The molecule has 4 nitrogen and oxygen atoms in total. The lowest BCUT2D eigenvalue weighted by Crippen LogP contribution is -2.36. The topological polar surface area (TPSA) is 37.4 Å². The van der Waals surface area contributed by atoms with Crippen molar-refractivity contribution in [2.24, 2.45) is 0 Å². The van der Waals surface area contributed by atoms with E-state index in [9.17, 15) is 0 Å². The molecule has 1 saturated heterocycles. The van der Waals surface area contributed by atoms with Crippen molar-refractivity contribution in [2.75, 3.05) is 38.3 Å². The van der Waals surface area contributed by atoms with Crippen LogP contribution in [-0.2, 0) is 11.3 Å². The summed E-state index contributed by atoms with van der Waals surface area (Å²) in [4.78, 5) is 6.92. The molecule has 1 fully saturated rings. The van der Waals surface area contributed by atoms with E-state index >= 15 is 0 Å². The van der Waals surface area contributed by atoms with Crippen LogP contribution < -0.4 is 10.2 Å². The minimum absolute atomic E-state index is 0.805. The van der Waals surface area contributed by atoms with E-state index < -0.39 is 0 Å². The summed E-state index contributed by atoms with van der Waals surface area (Å²) in [5, 5.41) is 3.15. The number of anilines is 1. The molecule has 0 atom stereocenters. The molecule has 4 heteroatoms. The summed E-state index contributed by atoms with van der Waals surface area (Å²) < 4.78 is 5.33. The maximum Gasteiger partial charge on any atom is 0.128 e. The van der Waals surface area contributed by atoms with E-state index in [0.29, 0.717) is 0 Å². The smallest absolute Gasteiger partial charge is 0.128 e. The number of nitrogens with one attached hydrogen (secondary N) is 1. The van der Waals surface area contributed by atoms with Crippen molar-refractivity contribution in [2.45, 2.75) is 13.5 Å². The maximum atomic E-state index is 5.33. The van der Waals surface area contributed by atoms with Crippen molar-refractivity contribution >= 4 is 5.82 Å². The Bertz CT molecular complexity index is 348. The van der Waals surface area contributed by atoms with Gasteiger partial charge in [0.2, 0.25) is 0 Å². The molecule has 1 N–H and O–H groups in total. The average molecular weight is 221 g/mol. The van der Waals surface area contributed by atoms with E-state index in [1.165, 1.54) is 5.56 Å². The summed E-state index contributed by atoms with van der Waals surface area (Å²) in [6, 6.07) is 4.26. The lowest BCUT2D eigenvalue weighted by atomic mass is 10.2. The number of hydrogen-bond acceptors (Lipinski definition) is 4. The van der Waals surface area contributed by atoms with Crippen molar-refractivity contribution in [1.29, 1.82) is 0 Å². The maximum absolute atomic E-state index is 5.33. The van der Waals surface area contributed by atoms with E-state index in [0.717, 1.165) is 44.4 Å². The first-order chi connectivity index (χ1) is 7.81. The first-order valence-corrected chi connectivity index (χ1v) is 5.75. The second-order valence-electron chi connectivity index (χ2n) is 4.04. The zero-order chi connectivity index (χ0) is 11.4. The van der Waals surface area contributed by atoms with Gasteiger partial charge in [-0.15, -0.1) is 0 Å². The second kappa shape index (κ2) is 5.27. The van der Waals surface area contributed by atoms with Gasteiger partial charge in [-0.3, -0.25) is 0 Å². The Morgan fingerprint density at radius 1 is 1.38 bits per heavy atom. The van der Waals surface area contributed by atoms with Crippen molar-refractivity contribution in [3.63, 3.8) is 0 Å². The molecule has 88 valence electrons. The van der Waals surface area contributed by atoms with Crippen LogP contribution in [0.25, 0.3) is 0 Å². The van der Waals surface area contributed by atoms with Crippen molar-refractivity contribution in [3.05, 3.63) is 23.4 Å². The molecular weight excluding hydrogens is 202 g/mol. The van der Waals surface area contributed by atoms with Crippen LogP contribution in [0.15, 0.2) is 12.1 Å². The van der Waals surface area contributed by atoms with Gasteiger partial charge in [-0.25, -0.2) is 4.98 Å². The third kappa shape index (κ3) is 2.51. The van der Waals surface area contributed by atoms with Crippen LogP contribution in [0.4, 0.5) is 5.82 Å². The van der Waals surface area contributed by atoms with Crippen LogP contribution in [0.3, 0.4) is 0 Å². The highest BCUT2D eigenvalue weighted by Crippen LogP contribution is 2.15. The summed E-state index contributed by atoms with van der Waals surface area (Å²) in [5.41, 5.74) is 2.37. The molecule has 1 aliphatic heterocycles. The van der Waals surface area contributed by atoms with E-state index in [1.54, 1.807) is 0 Å². The zero-order valence-electron chi connectivity index (χ0n) is 9.99. The Balaban J connectivity index is 2.13. The monoisotopic (exact) mass is 221 g/mol. The highest BCUT2D eigenvalue weighted by molar-refractivity contribution is 5.42. The number of rotatable bonds is 3. The van der Waals surface area contributed by atoms with Crippen LogP contribution in [0.1, 0.15) is 11.3 Å². The molecule has 16 heavy (non-hydrogen) atoms. The molecule has 1 aromatic heterocycles. The number of morpholine rings is 1. The summed E-state index contributed by atoms with van der Waals surface area (Å²) in [7, 11) is 1.95. The molecule has 0 saturated carbocycles. The Morgan fingerprint density at radius 3 is 2.75 bits per heavy atom. The lowest BCUT2D eigenvalue weighted by molar-refractivity contribution is 0.122. The van der Waals surface area contributed by atoms with Crippen molar-refractivity contribution < 1.29 is 4.74 Å². The van der Waals surface area contributed by atoms with Crippen LogP contribution in [-0.4, -0.2) is 38.3 Å². The fourth-order valence-electron chi connectivity index (χ4n) is 1.92. The molecule has 0 unspecified atom stereocenters. The van der Waals surface area contributed by atoms with Gasteiger partial charge in [0.15, 0.2) is 0 Å². The summed E-state index contributed by atoms with van der Waals surface area (Å²) in [6.07, 6.45) is 0. The number of ether oxygens (including phenoxy) is 1. The van der Waals surface area contributed by atoms with Gasteiger partial charge in [-0.1, -0.05) is 6.07 Å². The molecule has 2 heterocycles. The second-order valence-corrected chi connectivity index (χ2v) is 4.04. The largest absolute Gasteiger partial charge is 0.378 e. The van der Waals surface area contributed by atoms with E-state index in [4.69, 9.17) is 4.74 Å². The predicted molar refractivity (Wildman–Crippen MR) is 64.8 cm³/mol. The van der Waals surface area contributed by atoms with E-state index in [1.807, 2.05) is 7.05 Å².